The van der Waals surface area contributed by atoms with E-state index in [1.165, 1.54) is 0 Å². The van der Waals surface area contributed by atoms with Crippen molar-refractivity contribution in [2.24, 2.45) is 0 Å². The van der Waals surface area contributed by atoms with Gasteiger partial charge in [0.15, 0.2) is 5.76 Å². The molecule has 2 aromatic rings. The summed E-state index contributed by atoms with van der Waals surface area (Å²) in [4.78, 5) is 0. The highest BCUT2D eigenvalue weighted by molar-refractivity contribution is 7.99. The Hall–Kier alpha value is -1.46. The van der Waals surface area contributed by atoms with Crippen LogP contribution in [0.3, 0.4) is 0 Å². The maximum absolute atomic E-state index is 5.61. The van der Waals surface area contributed by atoms with Gasteiger partial charge in [0.2, 0.25) is 0 Å². The highest BCUT2D eigenvalue weighted by Gasteiger charge is 2.10. The van der Waals surface area contributed by atoms with Crippen molar-refractivity contribution in [3.8, 4) is 11.5 Å². The molecule has 0 saturated heterocycles. The molecule has 0 aliphatic rings. The molecular formula is C14H19N3OS. The second-order valence-corrected chi connectivity index (χ2v) is 5.37. The van der Waals surface area contributed by atoms with Crippen LogP contribution in [0, 0.1) is 6.92 Å². The van der Waals surface area contributed by atoms with Gasteiger partial charge in [0, 0.05) is 30.2 Å². The van der Waals surface area contributed by atoms with E-state index in [0.29, 0.717) is 0 Å². The second-order valence-electron chi connectivity index (χ2n) is 4.22. The molecule has 0 aromatic carbocycles. The minimum absolute atomic E-state index is 0.792. The fourth-order valence-electron chi connectivity index (χ4n) is 1.76. The zero-order valence-corrected chi connectivity index (χ0v) is 11.9. The first kappa shape index (κ1) is 14.0. The maximum Gasteiger partial charge on any atom is 0.152 e. The van der Waals surface area contributed by atoms with E-state index in [-0.39, 0.29) is 0 Å². The number of rotatable bonds is 8. The summed E-state index contributed by atoms with van der Waals surface area (Å²) >= 11 is 1.87. The molecule has 0 atom stereocenters. The van der Waals surface area contributed by atoms with Crippen molar-refractivity contribution in [3.63, 3.8) is 0 Å². The fraction of sp³-hybridized carbons (Fsp3) is 0.357. The summed E-state index contributed by atoms with van der Waals surface area (Å²) in [5, 5.41) is 10.5. The third-order valence-electron chi connectivity index (χ3n) is 2.68. The predicted molar refractivity (Wildman–Crippen MR) is 80.3 cm³/mol. The Morgan fingerprint density at radius 3 is 3.16 bits per heavy atom. The molecule has 5 heteroatoms. The molecule has 0 fully saturated rings. The van der Waals surface area contributed by atoms with Crippen LogP contribution in [0.1, 0.15) is 11.3 Å². The van der Waals surface area contributed by atoms with Crippen LogP contribution in [0.4, 0.5) is 0 Å². The molecule has 0 bridgehead atoms. The normalized spacial score (nSPS) is 10.8. The van der Waals surface area contributed by atoms with Crippen molar-refractivity contribution in [2.75, 3.05) is 18.1 Å². The van der Waals surface area contributed by atoms with E-state index in [4.69, 9.17) is 4.42 Å². The van der Waals surface area contributed by atoms with Gasteiger partial charge < -0.3 is 9.73 Å². The van der Waals surface area contributed by atoms with E-state index in [2.05, 4.69) is 22.1 Å². The maximum atomic E-state index is 5.61. The Morgan fingerprint density at radius 1 is 1.53 bits per heavy atom. The zero-order chi connectivity index (χ0) is 13.5. The first-order chi connectivity index (χ1) is 9.31. The lowest BCUT2D eigenvalue weighted by Crippen LogP contribution is -2.16. The first-order valence-corrected chi connectivity index (χ1v) is 7.45. The number of hydrogen-bond acceptors (Lipinski definition) is 4. The van der Waals surface area contributed by atoms with Crippen LogP contribution in [0.2, 0.25) is 0 Å². The molecule has 2 aromatic heterocycles. The number of thioether (sulfide) groups is 1. The smallest absolute Gasteiger partial charge is 0.152 e. The highest BCUT2D eigenvalue weighted by atomic mass is 32.2. The number of aryl methyl sites for hydroxylation is 1. The molecule has 2 heterocycles. The van der Waals surface area contributed by atoms with Gasteiger partial charge in [-0.1, -0.05) is 6.08 Å². The third-order valence-corrected chi connectivity index (χ3v) is 3.64. The number of aromatic nitrogens is 2. The van der Waals surface area contributed by atoms with E-state index in [1.54, 1.807) is 0 Å². The lowest BCUT2D eigenvalue weighted by molar-refractivity contribution is 0.545. The van der Waals surface area contributed by atoms with E-state index in [9.17, 15) is 0 Å². The van der Waals surface area contributed by atoms with E-state index in [0.717, 1.165) is 47.4 Å². The average molecular weight is 277 g/mol. The lowest BCUT2D eigenvalue weighted by Gasteiger charge is -2.04. The SMILES string of the molecule is C=CCSCCNCc1cn[nH]c1-c1ccc(C)o1. The van der Waals surface area contributed by atoms with Gasteiger partial charge in [-0.05, 0) is 19.1 Å². The Kier molecular flexibility index (Phi) is 5.30. The monoisotopic (exact) mass is 277 g/mol. The minimum atomic E-state index is 0.792. The van der Waals surface area contributed by atoms with E-state index >= 15 is 0 Å². The topological polar surface area (TPSA) is 53.9 Å². The Bertz CT molecular complexity index is 518. The van der Waals surface area contributed by atoms with Gasteiger partial charge in [0.25, 0.3) is 0 Å². The average Bonchev–Trinajstić information content (AvgIpc) is 3.02. The molecule has 4 nitrogen and oxygen atoms in total. The minimum Gasteiger partial charge on any atom is -0.460 e. The van der Waals surface area contributed by atoms with Crippen molar-refractivity contribution in [1.82, 2.24) is 15.5 Å². The number of nitrogens with zero attached hydrogens (tertiary/aromatic N) is 1. The van der Waals surface area contributed by atoms with Gasteiger partial charge >= 0.3 is 0 Å². The zero-order valence-electron chi connectivity index (χ0n) is 11.1. The Morgan fingerprint density at radius 2 is 2.42 bits per heavy atom. The first-order valence-electron chi connectivity index (χ1n) is 6.29. The van der Waals surface area contributed by atoms with Crippen molar-refractivity contribution in [1.29, 1.82) is 0 Å². The van der Waals surface area contributed by atoms with Crippen LogP contribution >= 0.6 is 11.8 Å². The molecule has 19 heavy (non-hydrogen) atoms. The van der Waals surface area contributed by atoms with Crippen LogP contribution in [-0.2, 0) is 6.54 Å². The van der Waals surface area contributed by atoms with Crippen molar-refractivity contribution in [3.05, 3.63) is 42.3 Å². The molecule has 0 aliphatic carbocycles. The van der Waals surface area contributed by atoms with Gasteiger partial charge in [-0.3, -0.25) is 5.10 Å². The van der Waals surface area contributed by atoms with E-state index in [1.807, 2.05) is 43.1 Å². The van der Waals surface area contributed by atoms with Crippen LogP contribution in [0.5, 0.6) is 0 Å². The summed E-state index contributed by atoms with van der Waals surface area (Å²) in [7, 11) is 0. The molecule has 0 amide bonds. The molecule has 102 valence electrons. The molecule has 0 aliphatic heterocycles. The summed E-state index contributed by atoms with van der Waals surface area (Å²) in [6.07, 6.45) is 3.77. The number of nitrogens with one attached hydrogen (secondary N) is 2. The van der Waals surface area contributed by atoms with Gasteiger partial charge in [0.1, 0.15) is 11.5 Å². The van der Waals surface area contributed by atoms with Gasteiger partial charge in [-0.2, -0.15) is 16.9 Å². The van der Waals surface area contributed by atoms with Gasteiger partial charge in [0.05, 0.1) is 6.20 Å². The number of furan rings is 1. The fourth-order valence-corrected chi connectivity index (χ4v) is 2.38. The molecule has 0 saturated carbocycles. The molecular weight excluding hydrogens is 258 g/mol. The van der Waals surface area contributed by atoms with Gasteiger partial charge in [-0.15, -0.1) is 6.58 Å². The summed E-state index contributed by atoms with van der Waals surface area (Å²) in [5.41, 5.74) is 2.09. The highest BCUT2D eigenvalue weighted by Crippen LogP contribution is 2.23. The largest absolute Gasteiger partial charge is 0.460 e. The molecule has 2 N–H and O–H groups in total. The van der Waals surface area contributed by atoms with Crippen molar-refractivity contribution >= 4 is 11.8 Å². The lowest BCUT2D eigenvalue weighted by atomic mass is 10.2. The number of hydrogen-bond donors (Lipinski definition) is 2. The van der Waals surface area contributed by atoms with Crippen molar-refractivity contribution < 1.29 is 4.42 Å². The molecule has 0 spiro atoms. The van der Waals surface area contributed by atoms with Crippen LogP contribution in [-0.4, -0.2) is 28.2 Å². The van der Waals surface area contributed by atoms with Crippen LogP contribution in [0.25, 0.3) is 11.5 Å². The molecule has 0 unspecified atom stereocenters. The standard InChI is InChI=1S/C14H19N3OS/c1-3-7-19-8-6-15-9-12-10-16-17-14(12)13-5-4-11(2)18-13/h3-5,10,15H,1,6-9H2,2H3,(H,16,17). The Balaban J connectivity index is 1.84. The molecule has 2 rings (SSSR count). The molecule has 0 radical (unpaired) electrons. The summed E-state index contributed by atoms with van der Waals surface area (Å²) in [5.74, 6) is 3.83. The number of H-pyrrole nitrogens is 1. The van der Waals surface area contributed by atoms with Crippen LogP contribution < -0.4 is 5.32 Å². The van der Waals surface area contributed by atoms with E-state index < -0.39 is 0 Å². The Labute approximate surface area is 117 Å². The summed E-state index contributed by atoms with van der Waals surface area (Å²) in [6, 6.07) is 3.92. The summed E-state index contributed by atoms with van der Waals surface area (Å²) < 4.78 is 5.61. The summed E-state index contributed by atoms with van der Waals surface area (Å²) in [6.45, 7) is 7.41. The number of aromatic amines is 1. The second kappa shape index (κ2) is 7.21. The van der Waals surface area contributed by atoms with Crippen LogP contribution in [0.15, 0.2) is 35.4 Å². The van der Waals surface area contributed by atoms with Crippen molar-refractivity contribution in [2.45, 2.75) is 13.5 Å². The third kappa shape index (κ3) is 4.01. The predicted octanol–water partition coefficient (Wildman–Crippen LogP) is 2.99. The quantitative estimate of drug-likeness (QED) is 0.575. The van der Waals surface area contributed by atoms with Gasteiger partial charge in [-0.25, -0.2) is 0 Å².